The average Bonchev–Trinajstić information content (AvgIpc) is 2.85. The van der Waals surface area contributed by atoms with Crippen molar-refractivity contribution in [3.8, 4) is 28.4 Å². The minimum Gasteiger partial charge on any atom is -0.457 e. The third-order valence-corrected chi connectivity index (χ3v) is 6.35. The van der Waals surface area contributed by atoms with E-state index in [2.05, 4.69) is 17.0 Å². The van der Waals surface area contributed by atoms with Gasteiger partial charge in [0, 0.05) is 28.3 Å². The smallest absolute Gasteiger partial charge is 0.457 e. The van der Waals surface area contributed by atoms with Crippen LogP contribution in [0, 0.1) is 6.92 Å². The van der Waals surface area contributed by atoms with Gasteiger partial charge in [-0.15, -0.1) is 24.9 Å². The fourth-order valence-corrected chi connectivity index (χ4v) is 4.52. The van der Waals surface area contributed by atoms with Crippen LogP contribution >= 0.6 is 11.8 Å². The largest absolute Gasteiger partial charge is 0.573 e. The maximum Gasteiger partial charge on any atom is 0.573 e. The molecule has 1 amide bonds. The first-order valence-electron chi connectivity index (χ1n) is 11.9. The number of amides is 1. The number of alkyl halides is 3. The Morgan fingerprint density at radius 2 is 1.63 bits per heavy atom. The van der Waals surface area contributed by atoms with Gasteiger partial charge < -0.3 is 14.8 Å². The number of carbonyl (C=O) groups is 1. The SMILES string of the molecule is CCSc1ccc(CC(=O)Nc2ccc(-c3cccc(C)c3)c(Oc3cccc(OC(F)(F)F)c3)c2)cc1. The Bertz CT molecular complexity index is 1400. The Morgan fingerprint density at radius 1 is 0.895 bits per heavy atom. The van der Waals surface area contributed by atoms with Crippen LogP contribution in [-0.2, 0) is 11.2 Å². The molecule has 0 bridgehead atoms. The van der Waals surface area contributed by atoms with E-state index in [1.165, 1.54) is 24.3 Å². The van der Waals surface area contributed by atoms with E-state index >= 15 is 0 Å². The highest BCUT2D eigenvalue weighted by Crippen LogP contribution is 2.37. The molecule has 0 aliphatic heterocycles. The van der Waals surface area contributed by atoms with E-state index in [9.17, 15) is 18.0 Å². The fraction of sp³-hybridized carbons (Fsp3) is 0.167. The number of hydrogen-bond donors (Lipinski definition) is 1. The zero-order chi connectivity index (χ0) is 27.1. The summed E-state index contributed by atoms with van der Waals surface area (Å²) in [6, 6.07) is 26.2. The molecule has 4 nitrogen and oxygen atoms in total. The number of anilines is 1. The first kappa shape index (κ1) is 27.1. The van der Waals surface area contributed by atoms with Crippen molar-refractivity contribution in [2.75, 3.05) is 11.1 Å². The van der Waals surface area contributed by atoms with Gasteiger partial charge >= 0.3 is 6.36 Å². The summed E-state index contributed by atoms with van der Waals surface area (Å²) in [5, 5.41) is 2.89. The minimum atomic E-state index is -4.81. The summed E-state index contributed by atoms with van der Waals surface area (Å²) in [5.41, 5.74) is 4.01. The third-order valence-electron chi connectivity index (χ3n) is 5.46. The normalized spacial score (nSPS) is 11.2. The first-order valence-corrected chi connectivity index (χ1v) is 12.9. The molecule has 4 aromatic carbocycles. The summed E-state index contributed by atoms with van der Waals surface area (Å²) in [6.45, 7) is 4.05. The van der Waals surface area contributed by atoms with Crippen molar-refractivity contribution in [3.63, 3.8) is 0 Å². The van der Waals surface area contributed by atoms with Gasteiger partial charge in [0.05, 0.1) is 6.42 Å². The summed E-state index contributed by atoms with van der Waals surface area (Å²) >= 11 is 1.73. The predicted octanol–water partition coefficient (Wildman–Crippen LogP) is 8.65. The monoisotopic (exact) mass is 537 g/mol. The van der Waals surface area contributed by atoms with E-state index in [4.69, 9.17) is 4.74 Å². The van der Waals surface area contributed by atoms with Crippen molar-refractivity contribution in [3.05, 3.63) is 102 Å². The van der Waals surface area contributed by atoms with Crippen LogP contribution in [0.4, 0.5) is 18.9 Å². The molecule has 0 heterocycles. The number of carbonyl (C=O) groups excluding carboxylic acids is 1. The molecule has 0 atom stereocenters. The van der Waals surface area contributed by atoms with E-state index in [0.29, 0.717) is 11.4 Å². The van der Waals surface area contributed by atoms with E-state index in [1.54, 1.807) is 23.9 Å². The van der Waals surface area contributed by atoms with Gasteiger partial charge in [-0.3, -0.25) is 4.79 Å². The van der Waals surface area contributed by atoms with Crippen LogP contribution in [0.5, 0.6) is 17.2 Å². The van der Waals surface area contributed by atoms with E-state index in [1.807, 2.05) is 61.5 Å². The Labute approximate surface area is 223 Å². The van der Waals surface area contributed by atoms with E-state index in [-0.39, 0.29) is 23.8 Å². The molecule has 4 rings (SSSR count). The van der Waals surface area contributed by atoms with Crippen LogP contribution in [0.3, 0.4) is 0 Å². The van der Waals surface area contributed by atoms with Crippen LogP contribution in [0.2, 0.25) is 0 Å². The zero-order valence-corrected chi connectivity index (χ0v) is 21.7. The highest BCUT2D eigenvalue weighted by Gasteiger charge is 2.31. The first-order chi connectivity index (χ1) is 18.2. The van der Waals surface area contributed by atoms with Crippen molar-refractivity contribution in [2.24, 2.45) is 0 Å². The van der Waals surface area contributed by atoms with Crippen LogP contribution in [0.25, 0.3) is 11.1 Å². The summed E-state index contributed by atoms with van der Waals surface area (Å²) < 4.78 is 48.2. The van der Waals surface area contributed by atoms with Gasteiger partial charge in [0.1, 0.15) is 17.2 Å². The molecule has 0 radical (unpaired) electrons. The van der Waals surface area contributed by atoms with Gasteiger partial charge in [0.2, 0.25) is 5.91 Å². The lowest BCUT2D eigenvalue weighted by Crippen LogP contribution is -2.17. The molecule has 0 saturated carbocycles. The summed E-state index contributed by atoms with van der Waals surface area (Å²) in [6.07, 6.45) is -4.62. The number of hydrogen-bond acceptors (Lipinski definition) is 4. The van der Waals surface area contributed by atoms with Crippen molar-refractivity contribution in [2.45, 2.75) is 31.5 Å². The Kier molecular flexibility index (Phi) is 8.63. The van der Waals surface area contributed by atoms with E-state index < -0.39 is 6.36 Å². The van der Waals surface area contributed by atoms with Gasteiger partial charge in [0.25, 0.3) is 0 Å². The zero-order valence-electron chi connectivity index (χ0n) is 20.8. The molecule has 0 aromatic heterocycles. The van der Waals surface area contributed by atoms with Crippen LogP contribution in [-0.4, -0.2) is 18.0 Å². The molecule has 0 aliphatic rings. The van der Waals surface area contributed by atoms with Crippen molar-refractivity contribution < 1.29 is 27.4 Å². The Balaban J connectivity index is 1.58. The highest BCUT2D eigenvalue weighted by atomic mass is 32.2. The molecular formula is C30H26F3NO3S. The lowest BCUT2D eigenvalue weighted by molar-refractivity contribution is -0.274. The lowest BCUT2D eigenvalue weighted by Gasteiger charge is -2.15. The number of aryl methyl sites for hydroxylation is 1. The quantitative estimate of drug-likeness (QED) is 0.217. The second-order valence-electron chi connectivity index (χ2n) is 8.51. The molecule has 0 unspecified atom stereocenters. The average molecular weight is 538 g/mol. The van der Waals surface area contributed by atoms with Gasteiger partial charge in [0.15, 0.2) is 0 Å². The molecule has 8 heteroatoms. The third kappa shape index (κ3) is 7.79. The number of rotatable bonds is 9. The standard InChI is InChI=1S/C30H26F3NO3S/c1-3-38-26-13-10-21(11-14-26)17-29(35)34-23-12-15-27(22-7-4-6-20(2)16-22)28(18-23)36-24-8-5-9-25(19-24)37-30(31,32)33/h4-16,18-19H,3,17H2,1-2H3,(H,34,35). The maximum atomic E-state index is 12.8. The maximum absolute atomic E-state index is 12.8. The number of ether oxygens (including phenoxy) is 2. The van der Waals surface area contributed by atoms with Crippen molar-refractivity contribution >= 4 is 23.4 Å². The molecular weight excluding hydrogens is 511 g/mol. The van der Waals surface area contributed by atoms with Crippen LogP contribution in [0.1, 0.15) is 18.1 Å². The summed E-state index contributed by atoms with van der Waals surface area (Å²) in [4.78, 5) is 13.9. The van der Waals surface area contributed by atoms with E-state index in [0.717, 1.165) is 32.9 Å². The summed E-state index contributed by atoms with van der Waals surface area (Å²) in [7, 11) is 0. The van der Waals surface area contributed by atoms with Gasteiger partial charge in [-0.05, 0) is 60.2 Å². The van der Waals surface area contributed by atoms with Gasteiger partial charge in [-0.2, -0.15) is 0 Å². The second-order valence-corrected chi connectivity index (χ2v) is 9.84. The molecule has 0 fully saturated rings. The molecule has 0 saturated heterocycles. The van der Waals surface area contributed by atoms with Crippen LogP contribution < -0.4 is 14.8 Å². The summed E-state index contributed by atoms with van der Waals surface area (Å²) in [5.74, 6) is 0.922. The minimum absolute atomic E-state index is 0.161. The second kappa shape index (κ2) is 12.1. The Morgan fingerprint density at radius 3 is 2.34 bits per heavy atom. The number of benzene rings is 4. The van der Waals surface area contributed by atoms with Crippen LogP contribution in [0.15, 0.2) is 95.9 Å². The van der Waals surface area contributed by atoms with Gasteiger partial charge in [-0.1, -0.05) is 55.0 Å². The molecule has 0 spiro atoms. The van der Waals surface area contributed by atoms with Crippen molar-refractivity contribution in [1.29, 1.82) is 0 Å². The highest BCUT2D eigenvalue weighted by molar-refractivity contribution is 7.99. The molecule has 38 heavy (non-hydrogen) atoms. The predicted molar refractivity (Wildman–Crippen MR) is 145 cm³/mol. The fourth-order valence-electron chi connectivity index (χ4n) is 3.86. The number of thioether (sulfide) groups is 1. The Hall–Kier alpha value is -3.91. The number of halogens is 3. The molecule has 0 aliphatic carbocycles. The molecule has 196 valence electrons. The lowest BCUT2D eigenvalue weighted by atomic mass is 10.0. The molecule has 1 N–H and O–H groups in total. The topological polar surface area (TPSA) is 47.6 Å². The molecule has 4 aromatic rings. The van der Waals surface area contributed by atoms with Crippen molar-refractivity contribution in [1.82, 2.24) is 0 Å². The van der Waals surface area contributed by atoms with Gasteiger partial charge in [-0.25, -0.2) is 0 Å². The number of nitrogens with one attached hydrogen (secondary N) is 1.